The molecule has 29 heavy (non-hydrogen) atoms. The number of aliphatic hydroxyl groups excluding tert-OH is 1. The first kappa shape index (κ1) is 20.5. The van der Waals surface area contributed by atoms with Crippen LogP contribution in [0.4, 0.5) is 5.69 Å². The molecule has 1 unspecified atom stereocenters. The van der Waals surface area contributed by atoms with E-state index in [9.17, 15) is 10.4 Å². The van der Waals surface area contributed by atoms with Crippen molar-refractivity contribution < 1.29 is 5.11 Å². The number of nitriles is 1. The van der Waals surface area contributed by atoms with Gasteiger partial charge < -0.3 is 16.6 Å². The van der Waals surface area contributed by atoms with E-state index in [4.69, 9.17) is 11.5 Å². The maximum atomic E-state index is 10.9. The number of nitrogens with two attached hydrogens (primary N) is 2. The van der Waals surface area contributed by atoms with Gasteiger partial charge in [0.1, 0.15) is 12.2 Å². The highest BCUT2D eigenvalue weighted by Gasteiger charge is 2.16. The molecular formula is C24H23N3OS. The number of aliphatic hydroxyl groups is 1. The number of rotatable bonds is 5. The topological polar surface area (TPSA) is 96.1 Å². The summed E-state index contributed by atoms with van der Waals surface area (Å²) in [6.45, 7) is 4.00. The van der Waals surface area contributed by atoms with Crippen molar-refractivity contribution in [2.45, 2.75) is 24.8 Å². The van der Waals surface area contributed by atoms with E-state index in [-0.39, 0.29) is 0 Å². The third-order valence-corrected chi connectivity index (χ3v) is 5.72. The van der Waals surface area contributed by atoms with E-state index in [0.717, 1.165) is 21.6 Å². The molecule has 0 heterocycles. The third kappa shape index (κ3) is 4.62. The Morgan fingerprint density at radius 2 is 1.79 bits per heavy atom. The molecular weight excluding hydrogens is 378 g/mol. The summed E-state index contributed by atoms with van der Waals surface area (Å²) in [4.78, 5) is 0.796. The zero-order chi connectivity index (χ0) is 21.0. The van der Waals surface area contributed by atoms with Crippen molar-refractivity contribution in [3.63, 3.8) is 0 Å². The summed E-state index contributed by atoms with van der Waals surface area (Å²) in [7, 11) is 0. The normalized spacial score (nSPS) is 12.8. The molecule has 0 bridgehead atoms. The highest BCUT2D eigenvalue weighted by atomic mass is 32.2. The second kappa shape index (κ2) is 8.87. The summed E-state index contributed by atoms with van der Waals surface area (Å²) in [6.07, 6.45) is -0.783. The van der Waals surface area contributed by atoms with Crippen LogP contribution in [0.5, 0.6) is 0 Å². The van der Waals surface area contributed by atoms with Crippen LogP contribution in [0.1, 0.15) is 33.9 Å². The Labute approximate surface area is 175 Å². The van der Waals surface area contributed by atoms with Gasteiger partial charge >= 0.3 is 0 Å². The fourth-order valence-corrected chi connectivity index (χ4v) is 4.02. The summed E-state index contributed by atoms with van der Waals surface area (Å²) in [5, 5.41) is 21.0. The first-order chi connectivity index (χ1) is 13.9. The number of thioether (sulfide) groups is 1. The molecule has 5 N–H and O–H groups in total. The molecule has 0 spiro atoms. The molecule has 4 nitrogen and oxygen atoms in total. The van der Waals surface area contributed by atoms with Crippen molar-refractivity contribution >= 4 is 23.0 Å². The lowest BCUT2D eigenvalue weighted by molar-refractivity contribution is 0.219. The molecule has 1 atom stereocenters. The van der Waals surface area contributed by atoms with Gasteiger partial charge in [-0.2, -0.15) is 5.26 Å². The summed E-state index contributed by atoms with van der Waals surface area (Å²) >= 11 is 1.26. The van der Waals surface area contributed by atoms with Gasteiger partial charge in [-0.3, -0.25) is 0 Å². The Kier molecular flexibility index (Phi) is 6.28. The van der Waals surface area contributed by atoms with E-state index in [1.54, 1.807) is 6.07 Å². The van der Waals surface area contributed by atoms with Crippen LogP contribution in [0, 0.1) is 25.2 Å². The molecule has 5 heteroatoms. The summed E-state index contributed by atoms with van der Waals surface area (Å²) in [6, 6.07) is 22.8. The maximum Gasteiger partial charge on any atom is 0.104 e. The average Bonchev–Trinajstić information content (AvgIpc) is 2.70. The smallest absolute Gasteiger partial charge is 0.104 e. The first-order valence-corrected chi connectivity index (χ1v) is 10.00. The number of hydrogen-bond donors (Lipinski definition) is 3. The van der Waals surface area contributed by atoms with Gasteiger partial charge in [0, 0.05) is 10.6 Å². The Morgan fingerprint density at radius 3 is 2.48 bits per heavy atom. The van der Waals surface area contributed by atoms with Gasteiger partial charge in [-0.15, -0.1) is 0 Å². The molecule has 0 aliphatic carbocycles. The highest BCUT2D eigenvalue weighted by molar-refractivity contribution is 8.03. The summed E-state index contributed by atoms with van der Waals surface area (Å²) in [5.74, 6) is 0. The van der Waals surface area contributed by atoms with Crippen molar-refractivity contribution in [3.8, 4) is 6.07 Å². The molecule has 0 aliphatic heterocycles. The van der Waals surface area contributed by atoms with Gasteiger partial charge in [0.15, 0.2) is 0 Å². The average molecular weight is 402 g/mol. The summed E-state index contributed by atoms with van der Waals surface area (Å²) in [5.41, 5.74) is 17.6. The number of aryl methyl sites for hydroxylation is 2. The van der Waals surface area contributed by atoms with E-state index < -0.39 is 6.10 Å². The van der Waals surface area contributed by atoms with Crippen LogP contribution in [-0.2, 0) is 0 Å². The van der Waals surface area contributed by atoms with Crippen molar-refractivity contribution in [1.82, 2.24) is 0 Å². The molecule has 0 fully saturated rings. The van der Waals surface area contributed by atoms with Gasteiger partial charge in [-0.05, 0) is 54.3 Å². The fourth-order valence-electron chi connectivity index (χ4n) is 3.18. The second-order valence-corrected chi connectivity index (χ2v) is 7.96. The molecule has 0 radical (unpaired) electrons. The van der Waals surface area contributed by atoms with Crippen LogP contribution in [0.25, 0.3) is 5.57 Å². The van der Waals surface area contributed by atoms with Gasteiger partial charge in [-0.25, -0.2) is 0 Å². The number of hydrogen-bond acceptors (Lipinski definition) is 5. The zero-order valence-electron chi connectivity index (χ0n) is 16.4. The van der Waals surface area contributed by atoms with E-state index in [1.165, 1.54) is 11.8 Å². The van der Waals surface area contributed by atoms with E-state index in [1.807, 2.05) is 74.5 Å². The Morgan fingerprint density at radius 1 is 1.03 bits per heavy atom. The molecule has 0 amide bonds. The minimum atomic E-state index is -0.783. The lowest BCUT2D eigenvalue weighted by Crippen LogP contribution is -2.04. The molecule has 0 saturated heterocycles. The molecule has 3 aromatic carbocycles. The van der Waals surface area contributed by atoms with Gasteiger partial charge in [0.25, 0.3) is 0 Å². The monoisotopic (exact) mass is 401 g/mol. The lowest BCUT2D eigenvalue weighted by atomic mass is 9.94. The minimum Gasteiger partial charge on any atom is -0.398 e. The fraction of sp³-hybridized carbons (Fsp3) is 0.125. The highest BCUT2D eigenvalue weighted by Crippen LogP contribution is 2.34. The molecule has 146 valence electrons. The van der Waals surface area contributed by atoms with Crippen LogP contribution in [0.15, 0.2) is 76.7 Å². The SMILES string of the molecule is Cc1ccc(C(O)c2cccc(/C(C#N)=C(/N)Sc3ccccc3N)c2)c(C)c1. The van der Waals surface area contributed by atoms with Crippen molar-refractivity contribution in [1.29, 1.82) is 5.26 Å². The van der Waals surface area contributed by atoms with Crippen LogP contribution in [0.2, 0.25) is 0 Å². The number of nitrogens with zero attached hydrogens (tertiary/aromatic N) is 1. The van der Waals surface area contributed by atoms with Crippen LogP contribution in [0.3, 0.4) is 0 Å². The van der Waals surface area contributed by atoms with E-state index in [0.29, 0.717) is 27.4 Å². The molecule has 3 aromatic rings. The molecule has 3 rings (SSSR count). The standard InChI is InChI=1S/C24H23N3OS/c1-15-10-11-19(16(2)12-15)23(28)18-7-5-6-17(13-18)20(14-25)24(27)29-22-9-4-3-8-21(22)26/h3-13,23,28H,26-27H2,1-2H3/b24-20-. The lowest BCUT2D eigenvalue weighted by Gasteiger charge is -2.16. The molecule has 0 aromatic heterocycles. The third-order valence-electron chi connectivity index (χ3n) is 4.71. The van der Waals surface area contributed by atoms with Gasteiger partial charge in [-0.1, -0.05) is 65.9 Å². The summed E-state index contributed by atoms with van der Waals surface area (Å²) < 4.78 is 0. The molecule has 0 saturated carbocycles. The molecule has 0 aliphatic rings. The number of benzene rings is 3. The number of anilines is 1. The van der Waals surface area contributed by atoms with Crippen LogP contribution in [-0.4, -0.2) is 5.11 Å². The quantitative estimate of drug-likeness (QED) is 0.321. The number of nitrogen functional groups attached to an aromatic ring is 1. The maximum absolute atomic E-state index is 10.9. The first-order valence-electron chi connectivity index (χ1n) is 9.18. The largest absolute Gasteiger partial charge is 0.398 e. The Hall–Kier alpha value is -3.20. The second-order valence-electron chi connectivity index (χ2n) is 6.88. The van der Waals surface area contributed by atoms with Crippen LogP contribution >= 0.6 is 11.8 Å². The number of para-hydroxylation sites is 1. The Balaban J connectivity index is 1.96. The van der Waals surface area contributed by atoms with E-state index >= 15 is 0 Å². The van der Waals surface area contributed by atoms with Crippen molar-refractivity contribution in [2.75, 3.05) is 5.73 Å². The Bertz CT molecular complexity index is 1120. The van der Waals surface area contributed by atoms with Crippen molar-refractivity contribution in [2.24, 2.45) is 5.73 Å². The predicted octanol–water partition coefficient (Wildman–Crippen LogP) is 4.91. The van der Waals surface area contributed by atoms with Gasteiger partial charge in [0.05, 0.1) is 10.6 Å². The number of allylic oxidation sites excluding steroid dienone is 1. The van der Waals surface area contributed by atoms with Gasteiger partial charge in [0.2, 0.25) is 0 Å². The zero-order valence-corrected chi connectivity index (χ0v) is 17.2. The van der Waals surface area contributed by atoms with Crippen LogP contribution < -0.4 is 11.5 Å². The van der Waals surface area contributed by atoms with Crippen molar-refractivity contribution in [3.05, 3.63) is 99.6 Å². The minimum absolute atomic E-state index is 0.355. The van der Waals surface area contributed by atoms with E-state index in [2.05, 4.69) is 6.07 Å². The predicted molar refractivity (Wildman–Crippen MR) is 120 cm³/mol.